The van der Waals surface area contributed by atoms with Crippen molar-refractivity contribution in [1.82, 2.24) is 0 Å². The standard InChI is InChI=1S/C12H11FO3/c1-7(14)12-10(6-15-2)9-5-8(13)3-4-11(9)16-12/h3-5H,6H2,1-2H3. The van der Waals surface area contributed by atoms with Gasteiger partial charge in [-0.3, -0.25) is 4.79 Å². The summed E-state index contributed by atoms with van der Waals surface area (Å²) in [5.74, 6) is -0.313. The lowest BCUT2D eigenvalue weighted by molar-refractivity contribution is 0.0982. The van der Waals surface area contributed by atoms with Crippen LogP contribution in [0, 0.1) is 5.82 Å². The number of fused-ring (bicyclic) bond motifs is 1. The molecule has 4 heteroatoms. The van der Waals surface area contributed by atoms with Crippen molar-refractivity contribution in [2.24, 2.45) is 0 Å². The van der Waals surface area contributed by atoms with Crippen LogP contribution >= 0.6 is 0 Å². The number of ketones is 1. The number of carbonyl (C=O) groups excluding carboxylic acids is 1. The Morgan fingerprint density at radius 3 is 2.88 bits per heavy atom. The zero-order chi connectivity index (χ0) is 11.7. The van der Waals surface area contributed by atoms with Crippen molar-refractivity contribution >= 4 is 16.8 Å². The number of carbonyl (C=O) groups is 1. The zero-order valence-corrected chi connectivity index (χ0v) is 9.04. The van der Waals surface area contributed by atoms with E-state index in [0.29, 0.717) is 16.5 Å². The van der Waals surface area contributed by atoms with Gasteiger partial charge in [0.2, 0.25) is 0 Å². The van der Waals surface area contributed by atoms with E-state index in [1.54, 1.807) is 0 Å². The number of hydrogen-bond donors (Lipinski definition) is 0. The van der Waals surface area contributed by atoms with Crippen LogP contribution in [0.15, 0.2) is 22.6 Å². The Hall–Kier alpha value is -1.68. The van der Waals surface area contributed by atoms with E-state index in [9.17, 15) is 9.18 Å². The van der Waals surface area contributed by atoms with Crippen molar-refractivity contribution in [3.63, 3.8) is 0 Å². The lowest BCUT2D eigenvalue weighted by Gasteiger charge is -1.98. The Balaban J connectivity index is 2.71. The third-order valence-corrected chi connectivity index (χ3v) is 2.36. The second kappa shape index (κ2) is 4.06. The molecular weight excluding hydrogens is 211 g/mol. The first-order valence-electron chi connectivity index (χ1n) is 4.84. The van der Waals surface area contributed by atoms with E-state index in [-0.39, 0.29) is 24.0 Å². The maximum absolute atomic E-state index is 13.1. The van der Waals surface area contributed by atoms with Crippen LogP contribution in [0.2, 0.25) is 0 Å². The van der Waals surface area contributed by atoms with Gasteiger partial charge in [0.15, 0.2) is 11.5 Å². The van der Waals surface area contributed by atoms with Crippen molar-refractivity contribution in [1.29, 1.82) is 0 Å². The molecule has 0 radical (unpaired) electrons. The lowest BCUT2D eigenvalue weighted by atomic mass is 10.1. The highest BCUT2D eigenvalue weighted by molar-refractivity contribution is 5.98. The molecule has 0 aliphatic rings. The minimum absolute atomic E-state index is 0.191. The molecule has 0 spiro atoms. The highest BCUT2D eigenvalue weighted by Gasteiger charge is 2.17. The van der Waals surface area contributed by atoms with Gasteiger partial charge in [0.25, 0.3) is 0 Å². The summed E-state index contributed by atoms with van der Waals surface area (Å²) in [4.78, 5) is 11.4. The minimum atomic E-state index is -0.360. The maximum Gasteiger partial charge on any atom is 0.195 e. The average molecular weight is 222 g/mol. The molecule has 1 aromatic heterocycles. The summed E-state index contributed by atoms with van der Waals surface area (Å²) in [5, 5.41) is 0.590. The number of rotatable bonds is 3. The van der Waals surface area contributed by atoms with Gasteiger partial charge in [0.05, 0.1) is 6.61 Å². The molecule has 2 aromatic rings. The molecule has 0 fully saturated rings. The van der Waals surface area contributed by atoms with E-state index in [1.807, 2.05) is 0 Å². The predicted octanol–water partition coefficient (Wildman–Crippen LogP) is 2.92. The Morgan fingerprint density at radius 2 is 2.25 bits per heavy atom. The topological polar surface area (TPSA) is 39.4 Å². The summed E-state index contributed by atoms with van der Waals surface area (Å²) in [5.41, 5.74) is 1.10. The van der Waals surface area contributed by atoms with Gasteiger partial charge in [-0.05, 0) is 18.2 Å². The van der Waals surface area contributed by atoms with Gasteiger partial charge in [0, 0.05) is 25.0 Å². The molecule has 0 unspecified atom stereocenters. The third kappa shape index (κ3) is 1.72. The molecular formula is C12H11FO3. The maximum atomic E-state index is 13.1. The number of methoxy groups -OCH3 is 1. The molecule has 0 aliphatic carbocycles. The van der Waals surface area contributed by atoms with Gasteiger partial charge in [-0.15, -0.1) is 0 Å². The molecule has 2 rings (SSSR count). The van der Waals surface area contributed by atoms with Gasteiger partial charge >= 0.3 is 0 Å². The largest absolute Gasteiger partial charge is 0.453 e. The fraction of sp³-hybridized carbons (Fsp3) is 0.250. The Bertz CT molecular complexity index is 542. The molecule has 0 amide bonds. The van der Waals surface area contributed by atoms with Crippen LogP contribution in [0.4, 0.5) is 4.39 Å². The van der Waals surface area contributed by atoms with Crippen LogP contribution in [0.5, 0.6) is 0 Å². The second-order valence-corrected chi connectivity index (χ2v) is 3.54. The smallest absolute Gasteiger partial charge is 0.195 e. The summed E-state index contributed by atoms with van der Waals surface area (Å²) in [7, 11) is 1.52. The van der Waals surface area contributed by atoms with Gasteiger partial charge in [0.1, 0.15) is 11.4 Å². The molecule has 1 aromatic carbocycles. The molecule has 0 N–H and O–H groups in total. The number of halogens is 1. The van der Waals surface area contributed by atoms with E-state index in [0.717, 1.165) is 0 Å². The molecule has 0 aliphatic heterocycles. The SMILES string of the molecule is COCc1c(C(C)=O)oc2ccc(F)cc12. The molecule has 0 saturated heterocycles. The van der Waals surface area contributed by atoms with Crippen LogP contribution in [-0.2, 0) is 11.3 Å². The summed E-state index contributed by atoms with van der Waals surface area (Å²) in [6.45, 7) is 1.64. The lowest BCUT2D eigenvalue weighted by Crippen LogP contribution is -1.96. The van der Waals surface area contributed by atoms with Gasteiger partial charge in [-0.1, -0.05) is 0 Å². The highest BCUT2D eigenvalue weighted by atomic mass is 19.1. The monoisotopic (exact) mass is 222 g/mol. The normalized spacial score (nSPS) is 10.9. The van der Waals surface area contributed by atoms with Crippen LogP contribution in [0.25, 0.3) is 11.0 Å². The van der Waals surface area contributed by atoms with E-state index in [1.165, 1.54) is 32.2 Å². The fourth-order valence-electron chi connectivity index (χ4n) is 1.69. The minimum Gasteiger partial charge on any atom is -0.453 e. The first-order chi connectivity index (χ1) is 7.63. The van der Waals surface area contributed by atoms with E-state index in [2.05, 4.69) is 0 Å². The van der Waals surface area contributed by atoms with E-state index < -0.39 is 0 Å². The number of ether oxygens (including phenoxy) is 1. The molecule has 1 heterocycles. The van der Waals surface area contributed by atoms with Gasteiger partial charge in [-0.25, -0.2) is 4.39 Å². The summed E-state index contributed by atoms with van der Waals surface area (Å²) >= 11 is 0. The zero-order valence-electron chi connectivity index (χ0n) is 9.04. The van der Waals surface area contributed by atoms with E-state index in [4.69, 9.17) is 9.15 Å². The van der Waals surface area contributed by atoms with Crippen LogP contribution in [0.1, 0.15) is 23.0 Å². The Kier molecular flexibility index (Phi) is 2.75. The van der Waals surface area contributed by atoms with Crippen LogP contribution in [0.3, 0.4) is 0 Å². The van der Waals surface area contributed by atoms with Gasteiger partial charge < -0.3 is 9.15 Å². The van der Waals surface area contributed by atoms with Gasteiger partial charge in [-0.2, -0.15) is 0 Å². The average Bonchev–Trinajstić information content (AvgIpc) is 2.58. The van der Waals surface area contributed by atoms with Crippen LogP contribution < -0.4 is 0 Å². The van der Waals surface area contributed by atoms with Crippen molar-refractivity contribution in [3.05, 3.63) is 35.3 Å². The molecule has 3 nitrogen and oxygen atoms in total. The summed E-state index contributed by atoms with van der Waals surface area (Å²) in [6.07, 6.45) is 0. The molecule has 0 saturated carbocycles. The summed E-state index contributed by atoms with van der Waals surface area (Å²) in [6, 6.07) is 4.15. The van der Waals surface area contributed by atoms with Crippen molar-refractivity contribution in [2.75, 3.05) is 7.11 Å². The Morgan fingerprint density at radius 1 is 1.50 bits per heavy atom. The number of hydrogen-bond acceptors (Lipinski definition) is 3. The molecule has 0 bridgehead atoms. The molecule has 16 heavy (non-hydrogen) atoms. The quantitative estimate of drug-likeness (QED) is 0.749. The number of benzene rings is 1. The molecule has 84 valence electrons. The predicted molar refractivity (Wildman–Crippen MR) is 56.9 cm³/mol. The first-order valence-corrected chi connectivity index (χ1v) is 4.84. The highest BCUT2D eigenvalue weighted by Crippen LogP contribution is 2.27. The number of Topliss-reactive ketones (excluding diaryl/α,β-unsaturated/α-hetero) is 1. The number of furan rings is 1. The second-order valence-electron chi connectivity index (χ2n) is 3.54. The summed E-state index contributed by atoms with van der Waals surface area (Å²) < 4.78 is 23.5. The Labute approximate surface area is 91.8 Å². The van der Waals surface area contributed by atoms with Crippen LogP contribution in [-0.4, -0.2) is 12.9 Å². The fourth-order valence-corrected chi connectivity index (χ4v) is 1.69. The van der Waals surface area contributed by atoms with Crippen molar-refractivity contribution < 1.29 is 18.3 Å². The third-order valence-electron chi connectivity index (χ3n) is 2.36. The van der Waals surface area contributed by atoms with E-state index >= 15 is 0 Å². The van der Waals surface area contributed by atoms with Crippen molar-refractivity contribution in [2.45, 2.75) is 13.5 Å². The van der Waals surface area contributed by atoms with Crippen molar-refractivity contribution in [3.8, 4) is 0 Å². The molecule has 0 atom stereocenters. The first kappa shape index (κ1) is 10.8.